The van der Waals surface area contributed by atoms with Crippen LogP contribution in [-0.2, 0) is 0 Å². The predicted molar refractivity (Wildman–Crippen MR) is 124 cm³/mol. The van der Waals surface area contributed by atoms with E-state index in [1.807, 2.05) is 19.9 Å². The number of hydrogen-bond donors (Lipinski definition) is 0. The Morgan fingerprint density at radius 2 is 1.77 bits per heavy atom. The van der Waals surface area contributed by atoms with Crippen molar-refractivity contribution >= 4 is 39.9 Å². The second kappa shape index (κ2) is 8.33. The molecule has 0 aliphatic rings. The summed E-state index contributed by atoms with van der Waals surface area (Å²) >= 11 is 12.3. The Morgan fingerprint density at radius 1 is 1.00 bits per heavy atom. The molecule has 0 saturated heterocycles. The molecule has 4 aromatic rings. The maximum Gasteiger partial charge on any atom is 0.225 e. The van der Waals surface area contributed by atoms with Gasteiger partial charge >= 0.3 is 0 Å². The third kappa shape index (κ3) is 4.03. The van der Waals surface area contributed by atoms with Crippen LogP contribution in [0.4, 0.5) is 0 Å². The molecule has 0 aliphatic heterocycles. The number of carbonyl (C=O) groups excluding carboxylic acids is 1. The first-order valence-corrected chi connectivity index (χ1v) is 10.5. The minimum atomic E-state index is -0.159. The van der Waals surface area contributed by atoms with E-state index in [-0.39, 0.29) is 18.3 Å². The van der Waals surface area contributed by atoms with E-state index in [1.165, 1.54) is 17.5 Å². The van der Waals surface area contributed by atoms with Crippen molar-refractivity contribution in [2.75, 3.05) is 6.61 Å². The smallest absolute Gasteiger partial charge is 0.225 e. The summed E-state index contributed by atoms with van der Waals surface area (Å²) in [5.41, 5.74) is 6.45. The summed E-state index contributed by atoms with van der Waals surface area (Å²) in [7, 11) is 0. The zero-order valence-electron chi connectivity index (χ0n) is 17.7. The van der Waals surface area contributed by atoms with Crippen molar-refractivity contribution in [3.63, 3.8) is 0 Å². The molecule has 4 rings (SSSR count). The highest BCUT2D eigenvalue weighted by atomic mass is 35.5. The molecule has 5 nitrogen and oxygen atoms in total. The highest BCUT2D eigenvalue weighted by Gasteiger charge is 2.19. The molecule has 2 aromatic heterocycles. The first-order valence-electron chi connectivity index (χ1n) is 9.78. The van der Waals surface area contributed by atoms with Crippen LogP contribution in [0.25, 0.3) is 16.6 Å². The highest BCUT2D eigenvalue weighted by molar-refractivity contribution is 6.38. The Bertz CT molecular complexity index is 1330. The van der Waals surface area contributed by atoms with Crippen LogP contribution >= 0.6 is 23.2 Å². The summed E-state index contributed by atoms with van der Waals surface area (Å²) in [5.74, 6) is 0.133. The normalized spacial score (nSPS) is 11.2. The molecule has 2 aromatic carbocycles. The van der Waals surface area contributed by atoms with Crippen LogP contribution in [0.15, 0.2) is 42.7 Å². The lowest BCUT2D eigenvalue weighted by molar-refractivity contribution is 0.0918. The van der Waals surface area contributed by atoms with Crippen LogP contribution in [0.2, 0.25) is 10.0 Å². The van der Waals surface area contributed by atoms with Gasteiger partial charge in [-0.15, -0.1) is 0 Å². The van der Waals surface area contributed by atoms with Gasteiger partial charge in [-0.2, -0.15) is 0 Å². The number of ether oxygens (including phenoxy) is 1. The number of aryl methyl sites for hydroxylation is 3. The molecular formula is C24H21Cl2N3O2. The second-order valence-electron chi connectivity index (χ2n) is 7.56. The topological polar surface area (TPSA) is 57.0 Å². The van der Waals surface area contributed by atoms with E-state index >= 15 is 0 Å². The van der Waals surface area contributed by atoms with Crippen LogP contribution in [0.1, 0.15) is 32.9 Å². The third-order valence-electron chi connectivity index (χ3n) is 5.44. The van der Waals surface area contributed by atoms with Crippen molar-refractivity contribution < 1.29 is 9.53 Å². The van der Waals surface area contributed by atoms with E-state index in [4.69, 9.17) is 27.9 Å². The molecule has 0 spiro atoms. The zero-order chi connectivity index (χ0) is 22.3. The lowest BCUT2D eigenvalue weighted by atomic mass is 10.1. The first-order chi connectivity index (χ1) is 14.8. The van der Waals surface area contributed by atoms with E-state index in [1.54, 1.807) is 12.1 Å². The van der Waals surface area contributed by atoms with Crippen molar-refractivity contribution in [2.24, 2.45) is 0 Å². The Kier molecular flexibility index (Phi) is 5.73. The van der Waals surface area contributed by atoms with Crippen molar-refractivity contribution in [3.05, 3.63) is 80.8 Å². The Labute approximate surface area is 190 Å². The average Bonchev–Trinajstić information content (AvgIpc) is 3.02. The molecule has 0 radical (unpaired) electrons. The number of rotatable bonds is 5. The summed E-state index contributed by atoms with van der Waals surface area (Å²) < 4.78 is 7.85. The van der Waals surface area contributed by atoms with Crippen molar-refractivity contribution in [1.29, 1.82) is 0 Å². The van der Waals surface area contributed by atoms with Gasteiger partial charge in [0, 0.05) is 27.7 Å². The number of Topliss-reactive ketones (excluding diaryl/α,β-unsaturated/α-hetero) is 1. The van der Waals surface area contributed by atoms with Gasteiger partial charge in [-0.05, 0) is 69.2 Å². The summed E-state index contributed by atoms with van der Waals surface area (Å²) in [6.07, 6.45) is 1.35. The first kappa shape index (κ1) is 21.3. The average molecular weight is 454 g/mol. The molecule has 0 saturated carbocycles. The number of hydrogen-bond acceptors (Lipinski definition) is 4. The van der Waals surface area contributed by atoms with E-state index < -0.39 is 0 Å². The number of fused-ring (bicyclic) bond motifs is 1. The van der Waals surface area contributed by atoms with Gasteiger partial charge in [0.25, 0.3) is 0 Å². The SMILES string of the molecule is Cc1ccc(-n2c(C)cc(C(=O)COc3ncnc4c(Cl)cc(Cl)cc34)c2C)cc1C. The zero-order valence-corrected chi connectivity index (χ0v) is 19.2. The summed E-state index contributed by atoms with van der Waals surface area (Å²) in [6.45, 7) is 7.93. The fraction of sp³-hybridized carbons (Fsp3) is 0.208. The van der Waals surface area contributed by atoms with Crippen molar-refractivity contribution in [2.45, 2.75) is 27.7 Å². The number of nitrogens with zero attached hydrogens (tertiary/aromatic N) is 3. The van der Waals surface area contributed by atoms with Gasteiger partial charge in [0.2, 0.25) is 11.7 Å². The highest BCUT2D eigenvalue weighted by Crippen LogP contribution is 2.31. The van der Waals surface area contributed by atoms with Crippen LogP contribution in [0.3, 0.4) is 0 Å². The maximum atomic E-state index is 13.0. The van der Waals surface area contributed by atoms with E-state index in [0.29, 0.717) is 26.5 Å². The number of aromatic nitrogens is 3. The fourth-order valence-corrected chi connectivity index (χ4v) is 4.24. The molecule has 158 valence electrons. The predicted octanol–water partition coefficient (Wildman–Crippen LogP) is 6.22. The monoisotopic (exact) mass is 453 g/mol. The van der Waals surface area contributed by atoms with E-state index in [0.717, 1.165) is 17.1 Å². The largest absolute Gasteiger partial charge is 0.469 e. The van der Waals surface area contributed by atoms with Crippen LogP contribution < -0.4 is 4.74 Å². The van der Waals surface area contributed by atoms with Gasteiger partial charge in [0.05, 0.1) is 15.9 Å². The summed E-state index contributed by atoms with van der Waals surface area (Å²) in [6, 6.07) is 11.4. The molecule has 0 aliphatic carbocycles. The molecular weight excluding hydrogens is 433 g/mol. The molecule has 0 fully saturated rings. The van der Waals surface area contributed by atoms with Gasteiger partial charge in [0.15, 0.2) is 6.61 Å². The van der Waals surface area contributed by atoms with Gasteiger partial charge in [-0.25, -0.2) is 9.97 Å². The summed E-state index contributed by atoms with van der Waals surface area (Å²) in [5, 5.41) is 1.41. The summed E-state index contributed by atoms with van der Waals surface area (Å²) in [4.78, 5) is 21.3. The number of benzene rings is 2. The Balaban J connectivity index is 1.62. The van der Waals surface area contributed by atoms with E-state index in [2.05, 4.69) is 46.6 Å². The lowest BCUT2D eigenvalue weighted by Crippen LogP contribution is -2.13. The quantitative estimate of drug-likeness (QED) is 0.336. The standard InChI is InChI=1S/C24H21Cl2N3O2/c1-13-5-6-18(7-14(13)2)29-15(3)8-19(16(29)4)22(30)11-31-24-20-9-17(25)10-21(26)23(20)27-12-28-24/h5-10,12H,11H2,1-4H3. The van der Waals surface area contributed by atoms with Crippen molar-refractivity contribution in [3.8, 4) is 11.6 Å². The third-order valence-corrected chi connectivity index (χ3v) is 5.95. The van der Waals surface area contributed by atoms with Gasteiger partial charge < -0.3 is 9.30 Å². The van der Waals surface area contributed by atoms with Gasteiger partial charge in [0.1, 0.15) is 6.33 Å². The molecule has 0 unspecified atom stereocenters. The molecule has 0 atom stereocenters. The van der Waals surface area contributed by atoms with Crippen LogP contribution in [0, 0.1) is 27.7 Å². The van der Waals surface area contributed by atoms with Crippen LogP contribution in [0.5, 0.6) is 5.88 Å². The Morgan fingerprint density at radius 3 is 2.52 bits per heavy atom. The number of halogens is 2. The van der Waals surface area contributed by atoms with Crippen LogP contribution in [-0.4, -0.2) is 26.9 Å². The molecule has 7 heteroatoms. The minimum absolute atomic E-state index is 0.136. The fourth-order valence-electron chi connectivity index (χ4n) is 3.70. The number of ketones is 1. The maximum absolute atomic E-state index is 13.0. The Hall–Kier alpha value is -2.89. The molecule has 2 heterocycles. The molecule has 31 heavy (non-hydrogen) atoms. The van der Waals surface area contributed by atoms with Gasteiger partial charge in [-0.3, -0.25) is 4.79 Å². The molecule has 0 bridgehead atoms. The minimum Gasteiger partial charge on any atom is -0.469 e. The lowest BCUT2D eigenvalue weighted by Gasteiger charge is -2.12. The second-order valence-corrected chi connectivity index (χ2v) is 8.41. The number of carbonyl (C=O) groups is 1. The van der Waals surface area contributed by atoms with Gasteiger partial charge in [-0.1, -0.05) is 29.3 Å². The molecule has 0 amide bonds. The van der Waals surface area contributed by atoms with E-state index in [9.17, 15) is 4.79 Å². The van der Waals surface area contributed by atoms with Crippen molar-refractivity contribution in [1.82, 2.24) is 14.5 Å². The molecule has 0 N–H and O–H groups in total.